The predicted molar refractivity (Wildman–Crippen MR) is 157 cm³/mol. The van der Waals surface area contributed by atoms with Gasteiger partial charge in [0.1, 0.15) is 5.65 Å². The maximum atomic E-state index is 13.2. The number of ether oxygens (including phenoxy) is 2. The Labute approximate surface area is 234 Å². The van der Waals surface area contributed by atoms with Crippen LogP contribution >= 0.6 is 0 Å². The molecule has 2 N–H and O–H groups in total. The Morgan fingerprint density at radius 3 is 2.55 bits per heavy atom. The molecule has 40 heavy (non-hydrogen) atoms. The van der Waals surface area contributed by atoms with Gasteiger partial charge in [0.05, 0.1) is 37.2 Å². The van der Waals surface area contributed by atoms with Gasteiger partial charge in [-0.05, 0) is 48.4 Å². The molecule has 1 amide bonds. The van der Waals surface area contributed by atoms with Crippen molar-refractivity contribution in [1.82, 2.24) is 9.55 Å². The quantitative estimate of drug-likeness (QED) is 0.240. The van der Waals surface area contributed by atoms with Crippen LogP contribution in [0.3, 0.4) is 0 Å². The summed E-state index contributed by atoms with van der Waals surface area (Å²) in [5.41, 5.74) is 5.83. The average molecular weight is 541 g/mol. The number of nitrogens with zero attached hydrogens (tertiary/aromatic N) is 2. The Kier molecular flexibility index (Phi) is 8.76. The van der Waals surface area contributed by atoms with E-state index < -0.39 is 5.97 Å². The molecule has 0 unspecified atom stereocenters. The highest BCUT2D eigenvalue weighted by atomic mass is 16.5. The second-order valence-electron chi connectivity index (χ2n) is 10.1. The minimum absolute atomic E-state index is 0.166. The van der Waals surface area contributed by atoms with E-state index in [1.54, 1.807) is 6.20 Å². The van der Waals surface area contributed by atoms with Crippen LogP contribution in [0.1, 0.15) is 46.9 Å². The number of methoxy groups -OCH3 is 1. The van der Waals surface area contributed by atoms with E-state index in [0.29, 0.717) is 55.1 Å². The molecule has 0 radical (unpaired) electrons. The van der Waals surface area contributed by atoms with Gasteiger partial charge in [-0.25, -0.2) is 9.78 Å². The zero-order valence-electron chi connectivity index (χ0n) is 23.1. The molecule has 1 saturated heterocycles. The number of fused-ring (bicyclic) bond motifs is 1. The SMILES string of the molecule is CCc1ccc(CNc2cnc3c(c2)c(NC(=O)[C@@H]2CCOC2)c(C(=O)OC)n3CCCc2ccccc2)cc1. The summed E-state index contributed by atoms with van der Waals surface area (Å²) in [5, 5.41) is 7.18. The second-order valence-corrected chi connectivity index (χ2v) is 10.1. The summed E-state index contributed by atoms with van der Waals surface area (Å²) in [5.74, 6) is -0.941. The minimum atomic E-state index is -0.513. The summed E-state index contributed by atoms with van der Waals surface area (Å²) in [7, 11) is 1.36. The van der Waals surface area contributed by atoms with Crippen LogP contribution in [-0.2, 0) is 40.2 Å². The van der Waals surface area contributed by atoms with Gasteiger partial charge < -0.3 is 24.7 Å². The first-order chi connectivity index (χ1) is 19.6. The third-order valence-corrected chi connectivity index (χ3v) is 7.44. The van der Waals surface area contributed by atoms with E-state index in [1.165, 1.54) is 18.2 Å². The van der Waals surface area contributed by atoms with Gasteiger partial charge in [0.15, 0.2) is 5.69 Å². The first kappa shape index (κ1) is 27.4. The molecule has 0 spiro atoms. The Balaban J connectivity index is 1.48. The van der Waals surface area contributed by atoms with Crippen molar-refractivity contribution in [1.29, 1.82) is 0 Å². The van der Waals surface area contributed by atoms with Crippen molar-refractivity contribution in [2.45, 2.75) is 45.7 Å². The van der Waals surface area contributed by atoms with Gasteiger partial charge in [-0.1, -0.05) is 61.5 Å². The van der Waals surface area contributed by atoms with Crippen LogP contribution < -0.4 is 10.6 Å². The van der Waals surface area contributed by atoms with Gasteiger partial charge in [0.25, 0.3) is 0 Å². The lowest BCUT2D eigenvalue weighted by molar-refractivity contribution is -0.119. The molecule has 2 aromatic carbocycles. The summed E-state index contributed by atoms with van der Waals surface area (Å²) in [6, 6.07) is 20.7. The molecular formula is C32H36N4O4. The molecule has 0 bridgehead atoms. The number of hydrogen-bond donors (Lipinski definition) is 2. The normalized spacial score (nSPS) is 14.8. The Bertz CT molecular complexity index is 1460. The molecule has 1 aliphatic rings. The van der Waals surface area contributed by atoms with E-state index in [1.807, 2.05) is 28.8 Å². The lowest BCUT2D eigenvalue weighted by Crippen LogP contribution is -2.24. The summed E-state index contributed by atoms with van der Waals surface area (Å²) in [6.45, 7) is 4.23. The van der Waals surface area contributed by atoms with Crippen LogP contribution in [0.15, 0.2) is 66.9 Å². The van der Waals surface area contributed by atoms with E-state index in [2.05, 4.69) is 54.0 Å². The molecule has 0 aliphatic carbocycles. The Morgan fingerprint density at radius 2 is 1.85 bits per heavy atom. The number of anilines is 2. The van der Waals surface area contributed by atoms with Crippen molar-refractivity contribution >= 4 is 34.3 Å². The summed E-state index contributed by atoms with van der Waals surface area (Å²) >= 11 is 0. The monoisotopic (exact) mass is 540 g/mol. The summed E-state index contributed by atoms with van der Waals surface area (Å²) in [4.78, 5) is 31.1. The van der Waals surface area contributed by atoms with Gasteiger partial charge in [-0.2, -0.15) is 0 Å². The molecule has 1 aliphatic heterocycles. The van der Waals surface area contributed by atoms with E-state index in [9.17, 15) is 9.59 Å². The van der Waals surface area contributed by atoms with E-state index in [0.717, 1.165) is 30.5 Å². The molecule has 5 rings (SSSR count). The first-order valence-corrected chi connectivity index (χ1v) is 13.9. The molecule has 8 heteroatoms. The molecule has 3 heterocycles. The maximum Gasteiger partial charge on any atom is 0.356 e. The Hall–Kier alpha value is -4.17. The number of aryl methyl sites for hydroxylation is 3. The number of benzene rings is 2. The highest BCUT2D eigenvalue weighted by molar-refractivity contribution is 6.11. The number of aromatic nitrogens is 2. The van der Waals surface area contributed by atoms with E-state index in [-0.39, 0.29) is 11.8 Å². The van der Waals surface area contributed by atoms with Crippen LogP contribution in [0.5, 0.6) is 0 Å². The number of pyridine rings is 1. The predicted octanol–water partition coefficient (Wildman–Crippen LogP) is 5.61. The van der Waals surface area contributed by atoms with Crippen LogP contribution in [-0.4, -0.2) is 41.8 Å². The van der Waals surface area contributed by atoms with Crippen LogP contribution in [0.2, 0.25) is 0 Å². The fraction of sp³-hybridized carbons (Fsp3) is 0.344. The molecule has 0 saturated carbocycles. The molecule has 8 nitrogen and oxygen atoms in total. The Morgan fingerprint density at radius 1 is 1.07 bits per heavy atom. The highest BCUT2D eigenvalue weighted by Gasteiger charge is 2.29. The number of esters is 1. The lowest BCUT2D eigenvalue weighted by atomic mass is 10.1. The zero-order chi connectivity index (χ0) is 27.9. The van der Waals surface area contributed by atoms with Gasteiger partial charge in [0.2, 0.25) is 5.91 Å². The third kappa shape index (κ3) is 6.18. The number of hydrogen-bond acceptors (Lipinski definition) is 6. The van der Waals surface area contributed by atoms with Crippen LogP contribution in [0, 0.1) is 5.92 Å². The van der Waals surface area contributed by atoms with Crippen molar-refractivity contribution in [3.05, 3.63) is 89.2 Å². The topological polar surface area (TPSA) is 94.5 Å². The van der Waals surface area contributed by atoms with E-state index in [4.69, 9.17) is 14.5 Å². The fourth-order valence-corrected chi connectivity index (χ4v) is 5.12. The summed E-state index contributed by atoms with van der Waals surface area (Å²) in [6.07, 6.45) is 5.06. The zero-order valence-corrected chi connectivity index (χ0v) is 23.1. The van der Waals surface area contributed by atoms with Crippen molar-refractivity contribution in [2.75, 3.05) is 31.0 Å². The largest absolute Gasteiger partial charge is 0.464 e. The highest BCUT2D eigenvalue weighted by Crippen LogP contribution is 2.34. The van der Waals surface area contributed by atoms with Gasteiger partial charge in [-0.15, -0.1) is 0 Å². The van der Waals surface area contributed by atoms with Gasteiger partial charge in [-0.3, -0.25) is 4.79 Å². The number of carbonyl (C=O) groups excluding carboxylic acids is 2. The van der Waals surface area contributed by atoms with Gasteiger partial charge >= 0.3 is 5.97 Å². The van der Waals surface area contributed by atoms with Gasteiger partial charge in [0, 0.05) is 25.1 Å². The number of nitrogens with one attached hydrogen (secondary N) is 2. The third-order valence-electron chi connectivity index (χ3n) is 7.44. The molecule has 2 aromatic heterocycles. The van der Waals surface area contributed by atoms with Crippen LogP contribution in [0.4, 0.5) is 11.4 Å². The smallest absolute Gasteiger partial charge is 0.356 e. The van der Waals surface area contributed by atoms with E-state index >= 15 is 0 Å². The number of rotatable bonds is 11. The maximum absolute atomic E-state index is 13.2. The van der Waals surface area contributed by atoms with Crippen molar-refractivity contribution in [3.63, 3.8) is 0 Å². The molecule has 208 valence electrons. The van der Waals surface area contributed by atoms with Crippen LogP contribution in [0.25, 0.3) is 11.0 Å². The number of amides is 1. The molecule has 4 aromatic rings. The fourth-order valence-electron chi connectivity index (χ4n) is 5.12. The molecular weight excluding hydrogens is 504 g/mol. The standard InChI is InChI=1S/C32H36N4O4/c1-3-22-11-13-24(14-12-22)19-33-26-18-27-28(35-31(37)25-15-17-40-21-25)29(32(38)39-2)36(30(27)34-20-26)16-7-10-23-8-5-4-6-9-23/h4-6,8-9,11-14,18,20,25,33H,3,7,10,15-17,19,21H2,1-2H3,(H,35,37)/t25-/m1/s1. The van der Waals surface area contributed by atoms with Crippen molar-refractivity contribution in [3.8, 4) is 0 Å². The average Bonchev–Trinajstić information content (AvgIpc) is 3.64. The first-order valence-electron chi connectivity index (χ1n) is 13.9. The summed E-state index contributed by atoms with van der Waals surface area (Å²) < 4.78 is 12.5. The van der Waals surface area contributed by atoms with Crippen molar-refractivity contribution in [2.24, 2.45) is 5.92 Å². The second kappa shape index (κ2) is 12.8. The molecule has 1 atom stereocenters. The number of carbonyl (C=O) groups is 2. The molecule has 1 fully saturated rings. The lowest BCUT2D eigenvalue weighted by Gasteiger charge is -2.12. The minimum Gasteiger partial charge on any atom is -0.464 e. The van der Waals surface area contributed by atoms with Crippen molar-refractivity contribution < 1.29 is 19.1 Å².